The number of carbonyl (C=O) groups excluding carboxylic acids is 2. The van der Waals surface area contributed by atoms with Crippen molar-refractivity contribution in [1.29, 1.82) is 0 Å². The molecule has 3 rings (SSSR count). The van der Waals surface area contributed by atoms with Gasteiger partial charge in [-0.2, -0.15) is 0 Å². The van der Waals surface area contributed by atoms with Crippen molar-refractivity contribution < 1.29 is 9.59 Å². The van der Waals surface area contributed by atoms with Crippen molar-refractivity contribution in [3.8, 4) is 0 Å². The SMILES string of the molecule is CN1C(=O)C(CCCl)C2NC(=O)C21CC1C=CCCC1. The Bertz CT molecular complexity index is 465. The van der Waals surface area contributed by atoms with Crippen molar-refractivity contribution in [1.82, 2.24) is 10.2 Å². The highest BCUT2D eigenvalue weighted by atomic mass is 35.5. The van der Waals surface area contributed by atoms with Crippen LogP contribution in [0.3, 0.4) is 0 Å². The molecule has 4 unspecified atom stereocenters. The largest absolute Gasteiger partial charge is 0.348 e. The number of hydrogen-bond acceptors (Lipinski definition) is 2. The summed E-state index contributed by atoms with van der Waals surface area (Å²) in [6.45, 7) is 0. The maximum Gasteiger partial charge on any atom is 0.248 e. The van der Waals surface area contributed by atoms with E-state index in [4.69, 9.17) is 11.6 Å². The van der Waals surface area contributed by atoms with E-state index in [2.05, 4.69) is 17.5 Å². The molecule has 0 bridgehead atoms. The standard InChI is InChI=1S/C15H21ClN2O2/c1-18-13(19)11(7-8-16)12-15(18,14(20)17-12)9-10-5-3-2-4-6-10/h3,5,10-12H,2,4,6-9H2,1H3,(H,17,20). The van der Waals surface area contributed by atoms with E-state index in [1.807, 2.05) is 0 Å². The van der Waals surface area contributed by atoms with Gasteiger partial charge in [0.05, 0.1) is 12.0 Å². The minimum absolute atomic E-state index is 0.00870. The summed E-state index contributed by atoms with van der Waals surface area (Å²) in [7, 11) is 1.77. The number of likely N-dealkylation sites (tertiary alicyclic amines) is 1. The van der Waals surface area contributed by atoms with Crippen LogP contribution in [-0.4, -0.2) is 41.2 Å². The first-order valence-electron chi connectivity index (χ1n) is 7.42. The van der Waals surface area contributed by atoms with Gasteiger partial charge in [0.1, 0.15) is 5.54 Å². The fourth-order valence-corrected chi connectivity index (χ4v) is 4.28. The Balaban J connectivity index is 1.85. The van der Waals surface area contributed by atoms with Gasteiger partial charge in [0.2, 0.25) is 11.8 Å². The zero-order valence-corrected chi connectivity index (χ0v) is 12.5. The van der Waals surface area contributed by atoms with Crippen LogP contribution in [0.25, 0.3) is 0 Å². The minimum Gasteiger partial charge on any atom is -0.348 e. The Labute approximate surface area is 124 Å². The number of nitrogens with one attached hydrogen (secondary N) is 1. The van der Waals surface area contributed by atoms with Crippen LogP contribution in [0.5, 0.6) is 0 Å². The Morgan fingerprint density at radius 2 is 2.30 bits per heavy atom. The molecule has 1 aliphatic carbocycles. The lowest BCUT2D eigenvalue weighted by Crippen LogP contribution is -2.75. The summed E-state index contributed by atoms with van der Waals surface area (Å²) in [5.74, 6) is 0.781. The highest BCUT2D eigenvalue weighted by molar-refractivity contribution is 6.18. The molecule has 0 aromatic heterocycles. The highest BCUT2D eigenvalue weighted by Crippen LogP contribution is 2.46. The number of halogens is 1. The summed E-state index contributed by atoms with van der Waals surface area (Å²) in [4.78, 5) is 26.3. The molecule has 4 nitrogen and oxygen atoms in total. The van der Waals surface area contributed by atoms with Gasteiger partial charge >= 0.3 is 0 Å². The number of carbonyl (C=O) groups is 2. The van der Waals surface area contributed by atoms with Gasteiger partial charge in [0.25, 0.3) is 0 Å². The number of amides is 2. The summed E-state index contributed by atoms with van der Waals surface area (Å²) in [6, 6.07) is -0.0541. The van der Waals surface area contributed by atoms with Crippen LogP contribution in [0, 0.1) is 11.8 Å². The Morgan fingerprint density at radius 1 is 1.50 bits per heavy atom. The zero-order valence-electron chi connectivity index (χ0n) is 11.8. The fraction of sp³-hybridized carbons (Fsp3) is 0.733. The first-order valence-corrected chi connectivity index (χ1v) is 7.96. The number of alkyl halides is 1. The van der Waals surface area contributed by atoms with Gasteiger partial charge in [0, 0.05) is 12.9 Å². The van der Waals surface area contributed by atoms with E-state index in [0.29, 0.717) is 18.2 Å². The maximum absolute atomic E-state index is 12.4. The molecule has 20 heavy (non-hydrogen) atoms. The lowest BCUT2D eigenvalue weighted by Gasteiger charge is -2.49. The number of likely N-dealkylation sites (N-methyl/N-ethyl adjacent to an activating group) is 1. The number of allylic oxidation sites excluding steroid dienone is 2. The third-order valence-electron chi connectivity index (χ3n) is 5.19. The van der Waals surface area contributed by atoms with Crippen molar-refractivity contribution in [2.75, 3.05) is 12.9 Å². The predicted octanol–water partition coefficient (Wildman–Crippen LogP) is 1.69. The lowest BCUT2D eigenvalue weighted by molar-refractivity contribution is -0.149. The summed E-state index contributed by atoms with van der Waals surface area (Å²) < 4.78 is 0. The lowest BCUT2D eigenvalue weighted by atomic mass is 9.71. The van der Waals surface area contributed by atoms with Crippen LogP contribution >= 0.6 is 11.6 Å². The van der Waals surface area contributed by atoms with Crippen molar-refractivity contribution in [2.45, 2.75) is 43.7 Å². The van der Waals surface area contributed by atoms with Gasteiger partial charge in [-0.05, 0) is 38.0 Å². The van der Waals surface area contributed by atoms with E-state index in [0.717, 1.165) is 19.3 Å². The first-order chi connectivity index (χ1) is 9.61. The number of rotatable bonds is 4. The molecule has 1 N–H and O–H groups in total. The van der Waals surface area contributed by atoms with E-state index in [-0.39, 0.29) is 23.8 Å². The monoisotopic (exact) mass is 296 g/mol. The van der Waals surface area contributed by atoms with Crippen LogP contribution in [-0.2, 0) is 9.59 Å². The second-order valence-corrected chi connectivity index (χ2v) is 6.56. The van der Waals surface area contributed by atoms with Crippen LogP contribution < -0.4 is 5.32 Å². The minimum atomic E-state index is -0.625. The van der Waals surface area contributed by atoms with Gasteiger partial charge < -0.3 is 10.2 Å². The van der Waals surface area contributed by atoms with E-state index in [9.17, 15) is 9.59 Å². The number of β-lactam (4-membered cyclic amide) rings is 1. The molecule has 3 aliphatic rings. The molecular weight excluding hydrogens is 276 g/mol. The third-order valence-corrected chi connectivity index (χ3v) is 5.41. The second-order valence-electron chi connectivity index (χ2n) is 6.18. The van der Waals surface area contributed by atoms with E-state index in [1.54, 1.807) is 11.9 Å². The van der Waals surface area contributed by atoms with E-state index < -0.39 is 5.54 Å². The smallest absolute Gasteiger partial charge is 0.248 e. The number of fused-ring (bicyclic) bond motifs is 1. The Morgan fingerprint density at radius 3 is 2.90 bits per heavy atom. The molecule has 2 fully saturated rings. The fourth-order valence-electron chi connectivity index (χ4n) is 4.05. The zero-order chi connectivity index (χ0) is 14.3. The van der Waals surface area contributed by atoms with Gasteiger partial charge in [-0.25, -0.2) is 0 Å². The summed E-state index contributed by atoms with van der Waals surface area (Å²) >= 11 is 5.81. The molecule has 2 aliphatic heterocycles. The van der Waals surface area contributed by atoms with Crippen molar-refractivity contribution in [3.63, 3.8) is 0 Å². The maximum atomic E-state index is 12.4. The van der Waals surface area contributed by atoms with E-state index in [1.165, 1.54) is 6.42 Å². The summed E-state index contributed by atoms with van der Waals surface area (Å²) in [6.07, 6.45) is 9.21. The van der Waals surface area contributed by atoms with Crippen molar-refractivity contribution >= 4 is 23.4 Å². The molecule has 5 heteroatoms. The highest BCUT2D eigenvalue weighted by Gasteiger charge is 2.68. The van der Waals surface area contributed by atoms with Crippen LogP contribution in [0.4, 0.5) is 0 Å². The topological polar surface area (TPSA) is 49.4 Å². The molecule has 110 valence electrons. The molecule has 0 saturated carbocycles. The van der Waals surface area contributed by atoms with Crippen LogP contribution in [0.2, 0.25) is 0 Å². The quantitative estimate of drug-likeness (QED) is 0.487. The van der Waals surface area contributed by atoms with Crippen LogP contribution in [0.1, 0.15) is 32.1 Å². The third kappa shape index (κ3) is 1.80. The summed E-state index contributed by atoms with van der Waals surface area (Å²) in [5, 5.41) is 2.95. The average molecular weight is 297 g/mol. The predicted molar refractivity (Wildman–Crippen MR) is 77.4 cm³/mol. The summed E-state index contributed by atoms with van der Waals surface area (Å²) in [5.41, 5.74) is -0.625. The normalized spacial score (nSPS) is 39.5. The molecule has 2 amide bonds. The van der Waals surface area contributed by atoms with Crippen LogP contribution in [0.15, 0.2) is 12.2 Å². The van der Waals surface area contributed by atoms with Gasteiger partial charge in [-0.1, -0.05) is 12.2 Å². The average Bonchev–Trinajstić information content (AvgIpc) is 2.61. The molecule has 0 aromatic carbocycles. The van der Waals surface area contributed by atoms with Crippen molar-refractivity contribution in [3.05, 3.63) is 12.2 Å². The molecule has 4 atom stereocenters. The molecule has 0 aromatic rings. The van der Waals surface area contributed by atoms with Gasteiger partial charge in [0.15, 0.2) is 0 Å². The Hall–Kier alpha value is -1.03. The van der Waals surface area contributed by atoms with Gasteiger partial charge in [-0.15, -0.1) is 11.6 Å². The molecule has 2 heterocycles. The second kappa shape index (κ2) is 5.06. The number of nitrogens with zero attached hydrogens (tertiary/aromatic N) is 1. The molecule has 2 saturated heterocycles. The number of hydrogen-bond donors (Lipinski definition) is 1. The Kier molecular flexibility index (Phi) is 3.53. The molecule has 0 radical (unpaired) electrons. The first kappa shape index (κ1) is 13.9. The van der Waals surface area contributed by atoms with Crippen molar-refractivity contribution in [2.24, 2.45) is 11.8 Å². The van der Waals surface area contributed by atoms with E-state index >= 15 is 0 Å². The van der Waals surface area contributed by atoms with Gasteiger partial charge in [-0.3, -0.25) is 9.59 Å². The molecule has 0 spiro atoms. The molecular formula is C15H21ClN2O2.